The minimum absolute atomic E-state index is 0.222. The van der Waals surface area contributed by atoms with E-state index in [2.05, 4.69) is 9.36 Å². The Morgan fingerprint density at radius 2 is 1.91 bits per heavy atom. The number of likely N-dealkylation sites (tertiary alicyclic amines) is 1. The summed E-state index contributed by atoms with van der Waals surface area (Å²) >= 11 is 2.68. The van der Waals surface area contributed by atoms with Gasteiger partial charge in [-0.3, -0.25) is 19.2 Å². The highest BCUT2D eigenvalue weighted by atomic mass is 32.2. The number of amides is 2. The second-order valence-electron chi connectivity index (χ2n) is 7.43. The number of nitrogens with two attached hydrogens (primary N) is 1. The van der Waals surface area contributed by atoms with Crippen LogP contribution in [0.25, 0.3) is 16.1 Å². The van der Waals surface area contributed by atoms with Crippen molar-refractivity contribution < 1.29 is 19.2 Å². The van der Waals surface area contributed by atoms with Crippen LogP contribution in [-0.2, 0) is 19.2 Å². The Bertz CT molecular complexity index is 1250. The quantitative estimate of drug-likeness (QED) is 0.685. The third-order valence-electron chi connectivity index (χ3n) is 5.53. The monoisotopic (exact) mass is 464 g/mol. The summed E-state index contributed by atoms with van der Waals surface area (Å²) < 4.78 is 4.44. The van der Waals surface area contributed by atoms with Crippen molar-refractivity contribution in [2.75, 3.05) is 5.75 Å². The largest absolute Gasteiger partial charge is 0.369 e. The van der Waals surface area contributed by atoms with Gasteiger partial charge in [-0.2, -0.15) is 4.37 Å². The summed E-state index contributed by atoms with van der Waals surface area (Å²) in [5.74, 6) is -5.21. The lowest BCUT2D eigenvalue weighted by Crippen LogP contribution is -2.58. The molecule has 2 aliphatic heterocycles. The first-order valence-electron chi connectivity index (χ1n) is 9.77. The molecule has 10 heteroatoms. The number of primary amides is 1. The molecule has 2 amide bonds. The topological polar surface area (TPSA) is 123 Å². The number of ketones is 2. The Hall–Kier alpha value is -3.37. The molecule has 1 saturated heterocycles. The second-order valence-corrected chi connectivity index (χ2v) is 9.12. The Kier molecular flexibility index (Phi) is 5.10. The predicted molar refractivity (Wildman–Crippen MR) is 120 cm³/mol. The highest BCUT2D eigenvalue weighted by molar-refractivity contribution is 8.02. The number of thioether (sulfide) groups is 1. The van der Waals surface area contributed by atoms with Crippen molar-refractivity contribution in [3.05, 3.63) is 65.5 Å². The standard InChI is InChI=1S/C22H16N4O4S2/c23-19(29)16-18(28)15-14(27)7-6-13(17(15)26(22(16)30)12-8-9-31-10-12)20-24-21(32-25-20)11-4-2-1-3-5-11/h1-9,12,15-16H,10H2,(H2,23,29). The molecule has 0 spiro atoms. The fourth-order valence-corrected chi connectivity index (χ4v) is 5.61. The molecule has 32 heavy (non-hydrogen) atoms. The summed E-state index contributed by atoms with van der Waals surface area (Å²) in [6.45, 7) is 0. The van der Waals surface area contributed by atoms with E-state index in [1.165, 1.54) is 40.3 Å². The van der Waals surface area contributed by atoms with Crippen LogP contribution >= 0.6 is 23.3 Å². The van der Waals surface area contributed by atoms with Gasteiger partial charge < -0.3 is 10.6 Å². The molecule has 1 aromatic heterocycles. The molecule has 1 aromatic carbocycles. The zero-order valence-electron chi connectivity index (χ0n) is 16.5. The molecule has 3 unspecified atom stereocenters. The molecule has 3 atom stereocenters. The molecule has 2 N–H and O–H groups in total. The summed E-state index contributed by atoms with van der Waals surface area (Å²) in [6.07, 6.45) is 4.62. The third-order valence-corrected chi connectivity index (χ3v) is 7.18. The minimum atomic E-state index is -1.69. The van der Waals surface area contributed by atoms with Crippen molar-refractivity contribution >= 4 is 52.2 Å². The number of hydrogen-bond donors (Lipinski definition) is 1. The SMILES string of the molecule is NC(=O)C1C(=O)C2C(=O)C=CC(c3nsc(-c4ccccc4)n3)=C2N(C2C=CSC2)C1=O. The van der Waals surface area contributed by atoms with Gasteiger partial charge in [0.25, 0.3) is 0 Å². The number of allylic oxidation sites excluding steroid dienone is 4. The van der Waals surface area contributed by atoms with Gasteiger partial charge in [0.15, 0.2) is 23.3 Å². The molecule has 8 nitrogen and oxygen atoms in total. The highest BCUT2D eigenvalue weighted by Gasteiger charge is 2.53. The molecule has 0 radical (unpaired) electrons. The maximum absolute atomic E-state index is 13.3. The number of Topliss-reactive ketones (excluding diaryl/α,β-unsaturated/α-hetero) is 1. The van der Waals surface area contributed by atoms with Crippen LogP contribution in [0.4, 0.5) is 0 Å². The summed E-state index contributed by atoms with van der Waals surface area (Å²) in [6, 6.07) is 9.08. The van der Waals surface area contributed by atoms with Gasteiger partial charge in [-0.05, 0) is 29.1 Å². The van der Waals surface area contributed by atoms with Gasteiger partial charge in [0.2, 0.25) is 11.8 Å². The van der Waals surface area contributed by atoms with Crippen LogP contribution in [0.15, 0.2) is 59.7 Å². The normalized spacial score (nSPS) is 24.9. The summed E-state index contributed by atoms with van der Waals surface area (Å²) in [5.41, 5.74) is 6.91. The van der Waals surface area contributed by atoms with Gasteiger partial charge in [0.05, 0.1) is 11.7 Å². The van der Waals surface area contributed by atoms with Crippen LogP contribution in [-0.4, -0.2) is 49.4 Å². The number of nitrogens with zero attached hydrogens (tertiary/aromatic N) is 3. The van der Waals surface area contributed by atoms with E-state index in [4.69, 9.17) is 5.73 Å². The molecule has 1 aliphatic carbocycles. The molecular weight excluding hydrogens is 448 g/mol. The van der Waals surface area contributed by atoms with Crippen molar-refractivity contribution in [1.82, 2.24) is 14.3 Å². The van der Waals surface area contributed by atoms with Crippen molar-refractivity contribution in [2.45, 2.75) is 6.04 Å². The molecular formula is C22H16N4O4S2. The van der Waals surface area contributed by atoms with Crippen LogP contribution in [0.1, 0.15) is 5.82 Å². The average Bonchev–Trinajstić information content (AvgIpc) is 3.47. The number of fused-ring (bicyclic) bond motifs is 1. The summed E-state index contributed by atoms with van der Waals surface area (Å²) in [4.78, 5) is 57.1. The van der Waals surface area contributed by atoms with Crippen LogP contribution < -0.4 is 5.73 Å². The lowest BCUT2D eigenvalue weighted by Gasteiger charge is -2.41. The van der Waals surface area contributed by atoms with Gasteiger partial charge in [0, 0.05) is 16.9 Å². The Morgan fingerprint density at radius 1 is 1.12 bits per heavy atom. The van der Waals surface area contributed by atoms with Crippen molar-refractivity contribution in [1.29, 1.82) is 0 Å². The van der Waals surface area contributed by atoms with Crippen LogP contribution in [0.5, 0.6) is 0 Å². The number of piperidine rings is 1. The van der Waals surface area contributed by atoms with E-state index in [1.54, 1.807) is 0 Å². The number of rotatable bonds is 4. The zero-order chi connectivity index (χ0) is 22.4. The maximum Gasteiger partial charge on any atom is 0.247 e. The van der Waals surface area contributed by atoms with E-state index >= 15 is 0 Å². The smallest absolute Gasteiger partial charge is 0.247 e. The van der Waals surface area contributed by atoms with Crippen molar-refractivity contribution in [3.63, 3.8) is 0 Å². The molecule has 0 saturated carbocycles. The molecule has 3 aliphatic rings. The molecule has 3 heterocycles. The number of benzene rings is 1. The van der Waals surface area contributed by atoms with Crippen LogP contribution in [0.3, 0.4) is 0 Å². The summed E-state index contributed by atoms with van der Waals surface area (Å²) in [7, 11) is 0. The Balaban J connectivity index is 1.68. The van der Waals surface area contributed by atoms with E-state index in [9.17, 15) is 19.2 Å². The van der Waals surface area contributed by atoms with Crippen LogP contribution in [0, 0.1) is 11.8 Å². The zero-order valence-corrected chi connectivity index (χ0v) is 18.1. The lowest BCUT2D eigenvalue weighted by molar-refractivity contribution is -0.151. The van der Waals surface area contributed by atoms with Gasteiger partial charge in [-0.25, -0.2) is 4.98 Å². The molecule has 5 rings (SSSR count). The van der Waals surface area contributed by atoms with Crippen molar-refractivity contribution in [2.24, 2.45) is 17.6 Å². The Labute approximate surface area is 191 Å². The number of carbonyl (C=O) groups is 4. The fourth-order valence-electron chi connectivity index (χ4n) is 4.07. The minimum Gasteiger partial charge on any atom is -0.369 e. The maximum atomic E-state index is 13.3. The van der Waals surface area contributed by atoms with Gasteiger partial charge in [-0.15, -0.1) is 11.8 Å². The van der Waals surface area contributed by atoms with Crippen LogP contribution in [0.2, 0.25) is 0 Å². The Morgan fingerprint density at radius 3 is 2.59 bits per heavy atom. The number of carbonyl (C=O) groups excluding carboxylic acids is 4. The summed E-state index contributed by atoms with van der Waals surface area (Å²) in [5, 5.41) is 2.51. The van der Waals surface area contributed by atoms with E-state index in [1.807, 2.05) is 41.8 Å². The van der Waals surface area contributed by atoms with E-state index in [0.29, 0.717) is 22.2 Å². The van der Waals surface area contributed by atoms with Gasteiger partial charge >= 0.3 is 0 Å². The van der Waals surface area contributed by atoms with E-state index in [0.717, 1.165) is 5.56 Å². The third kappa shape index (κ3) is 3.23. The van der Waals surface area contributed by atoms with Gasteiger partial charge in [0.1, 0.15) is 10.9 Å². The molecule has 2 aromatic rings. The number of aromatic nitrogens is 2. The number of hydrogen-bond acceptors (Lipinski definition) is 8. The van der Waals surface area contributed by atoms with E-state index in [-0.39, 0.29) is 5.70 Å². The average molecular weight is 465 g/mol. The van der Waals surface area contributed by atoms with E-state index < -0.39 is 41.3 Å². The lowest BCUT2D eigenvalue weighted by atomic mass is 9.76. The van der Waals surface area contributed by atoms with Gasteiger partial charge in [-0.1, -0.05) is 36.4 Å². The first-order chi connectivity index (χ1) is 15.5. The molecule has 1 fully saturated rings. The highest BCUT2D eigenvalue weighted by Crippen LogP contribution is 2.41. The first-order valence-corrected chi connectivity index (χ1v) is 11.6. The first kappa shape index (κ1) is 20.5. The predicted octanol–water partition coefficient (Wildman–Crippen LogP) is 1.81. The molecule has 160 valence electrons. The van der Waals surface area contributed by atoms with Crippen molar-refractivity contribution in [3.8, 4) is 10.6 Å². The fraction of sp³-hybridized carbons (Fsp3) is 0.182. The second kappa shape index (κ2) is 7.95. The molecule has 0 bridgehead atoms.